The monoisotopic (exact) mass is 265 g/mol. The largest absolute Gasteiger partial charge is 0.350 e. The van der Waals surface area contributed by atoms with Gasteiger partial charge in [0.05, 0.1) is 0 Å². The average Bonchev–Trinajstić information content (AvgIpc) is 2.80. The highest BCUT2D eigenvalue weighted by atomic mass is 35.5. The lowest BCUT2D eigenvalue weighted by molar-refractivity contribution is 0.384. The Morgan fingerprint density at radius 2 is 2.33 bits per heavy atom. The van der Waals surface area contributed by atoms with E-state index in [4.69, 9.17) is 11.6 Å². The summed E-state index contributed by atoms with van der Waals surface area (Å²) in [4.78, 5) is 6.84. The van der Waals surface area contributed by atoms with Crippen LogP contribution in [-0.2, 0) is 0 Å². The highest BCUT2D eigenvalue weighted by Crippen LogP contribution is 2.30. The summed E-state index contributed by atoms with van der Waals surface area (Å²) in [6.45, 7) is 0.938. The first kappa shape index (κ1) is 11.7. The zero-order chi connectivity index (χ0) is 12.4. The molecule has 1 fully saturated rings. The zero-order valence-corrected chi connectivity index (χ0v) is 10.9. The Labute approximate surface area is 111 Å². The molecule has 0 radical (unpaired) electrons. The minimum Gasteiger partial charge on any atom is -0.350 e. The molecule has 0 aliphatic heterocycles. The van der Waals surface area contributed by atoms with Gasteiger partial charge in [0.15, 0.2) is 5.82 Å². The highest BCUT2D eigenvalue weighted by molar-refractivity contribution is 6.17. The van der Waals surface area contributed by atoms with E-state index in [0.717, 1.165) is 24.4 Å². The van der Waals surface area contributed by atoms with Gasteiger partial charge in [0, 0.05) is 30.9 Å². The second kappa shape index (κ2) is 5.10. The van der Waals surface area contributed by atoms with Crippen molar-refractivity contribution in [1.29, 1.82) is 0 Å². The van der Waals surface area contributed by atoms with Crippen LogP contribution in [0.3, 0.4) is 0 Å². The summed E-state index contributed by atoms with van der Waals surface area (Å²) in [5.41, 5.74) is 0.832. The quantitative estimate of drug-likeness (QED) is 0.777. The molecule has 2 aromatic rings. The third-order valence-electron chi connectivity index (χ3n) is 3.52. The van der Waals surface area contributed by atoms with Crippen molar-refractivity contribution in [2.45, 2.75) is 31.7 Å². The minimum atomic E-state index is 0.587. The molecule has 6 heteroatoms. The molecule has 18 heavy (non-hydrogen) atoms. The van der Waals surface area contributed by atoms with E-state index >= 15 is 0 Å². The maximum Gasteiger partial charge on any atom is 0.203 e. The van der Waals surface area contributed by atoms with Crippen LogP contribution >= 0.6 is 11.6 Å². The second-order valence-electron chi connectivity index (χ2n) is 4.63. The van der Waals surface area contributed by atoms with E-state index in [1.54, 1.807) is 12.5 Å². The SMILES string of the molecule is ClCCCN(c1nccn2cnnc12)C1CCC1. The molecular weight excluding hydrogens is 250 g/mol. The maximum absolute atomic E-state index is 5.82. The lowest BCUT2D eigenvalue weighted by Gasteiger charge is -2.38. The zero-order valence-electron chi connectivity index (χ0n) is 10.2. The third kappa shape index (κ3) is 2.03. The summed E-state index contributed by atoms with van der Waals surface area (Å²) < 4.78 is 1.91. The summed E-state index contributed by atoms with van der Waals surface area (Å²) in [7, 11) is 0. The van der Waals surface area contributed by atoms with Gasteiger partial charge in [-0.3, -0.25) is 4.40 Å². The first-order valence-corrected chi connectivity index (χ1v) is 6.90. The van der Waals surface area contributed by atoms with Gasteiger partial charge in [0.2, 0.25) is 5.65 Å². The normalized spacial score (nSPS) is 15.8. The van der Waals surface area contributed by atoms with E-state index < -0.39 is 0 Å². The van der Waals surface area contributed by atoms with Crippen molar-refractivity contribution < 1.29 is 0 Å². The van der Waals surface area contributed by atoms with Crippen molar-refractivity contribution in [3.05, 3.63) is 18.7 Å². The van der Waals surface area contributed by atoms with Crippen molar-refractivity contribution >= 4 is 23.1 Å². The van der Waals surface area contributed by atoms with Gasteiger partial charge in [-0.05, 0) is 25.7 Å². The van der Waals surface area contributed by atoms with Crippen molar-refractivity contribution in [2.75, 3.05) is 17.3 Å². The van der Waals surface area contributed by atoms with Gasteiger partial charge in [0.1, 0.15) is 6.33 Å². The van der Waals surface area contributed by atoms with E-state index in [1.807, 2.05) is 10.6 Å². The van der Waals surface area contributed by atoms with Gasteiger partial charge >= 0.3 is 0 Å². The van der Waals surface area contributed by atoms with Crippen LogP contribution in [0.15, 0.2) is 18.7 Å². The molecule has 1 aliphatic rings. The Hall–Kier alpha value is -1.36. The number of alkyl halides is 1. The van der Waals surface area contributed by atoms with Crippen molar-refractivity contribution in [2.24, 2.45) is 0 Å². The molecular formula is C12H16ClN5. The van der Waals surface area contributed by atoms with Crippen LogP contribution in [0.1, 0.15) is 25.7 Å². The molecule has 0 bridgehead atoms. The van der Waals surface area contributed by atoms with E-state index in [0.29, 0.717) is 11.9 Å². The lowest BCUT2D eigenvalue weighted by atomic mass is 9.91. The third-order valence-corrected chi connectivity index (χ3v) is 3.78. The van der Waals surface area contributed by atoms with Crippen LogP contribution in [0.2, 0.25) is 0 Å². The number of halogens is 1. The molecule has 0 saturated heterocycles. The van der Waals surface area contributed by atoms with Crippen LogP contribution in [0, 0.1) is 0 Å². The van der Waals surface area contributed by atoms with Gasteiger partial charge in [-0.25, -0.2) is 4.98 Å². The van der Waals surface area contributed by atoms with Gasteiger partial charge in [0.25, 0.3) is 0 Å². The smallest absolute Gasteiger partial charge is 0.203 e. The van der Waals surface area contributed by atoms with Crippen LogP contribution in [-0.4, -0.2) is 38.0 Å². The van der Waals surface area contributed by atoms with Gasteiger partial charge in [-0.15, -0.1) is 21.8 Å². The van der Waals surface area contributed by atoms with Gasteiger partial charge in [-0.2, -0.15) is 0 Å². The number of anilines is 1. The number of fused-ring (bicyclic) bond motifs is 1. The Morgan fingerprint density at radius 3 is 3.06 bits per heavy atom. The van der Waals surface area contributed by atoms with Gasteiger partial charge in [-0.1, -0.05) is 0 Å². The number of hydrogen-bond acceptors (Lipinski definition) is 4. The van der Waals surface area contributed by atoms with E-state index in [9.17, 15) is 0 Å². The fraction of sp³-hybridized carbons (Fsp3) is 0.583. The maximum atomic E-state index is 5.82. The molecule has 2 heterocycles. The first-order chi connectivity index (χ1) is 8.90. The Morgan fingerprint density at radius 1 is 1.44 bits per heavy atom. The molecule has 0 N–H and O–H groups in total. The molecule has 2 aromatic heterocycles. The number of aromatic nitrogens is 4. The summed E-state index contributed by atoms with van der Waals surface area (Å²) in [5, 5.41) is 8.11. The fourth-order valence-corrected chi connectivity index (χ4v) is 2.46. The standard InChI is InChI=1S/C12H16ClN5/c13-5-2-7-18(10-3-1-4-10)11-12-16-15-9-17(12)8-6-14-11/h6,8-10H,1-5,7H2. The second-order valence-corrected chi connectivity index (χ2v) is 5.01. The van der Waals surface area contributed by atoms with Crippen LogP contribution in [0.25, 0.3) is 5.65 Å². The molecule has 1 aliphatic carbocycles. The summed E-state index contributed by atoms with van der Waals surface area (Å²) in [5.74, 6) is 1.61. The fourth-order valence-electron chi connectivity index (χ4n) is 2.34. The average molecular weight is 266 g/mol. The summed E-state index contributed by atoms with van der Waals surface area (Å²) in [6.07, 6.45) is 10.1. The van der Waals surface area contributed by atoms with Crippen LogP contribution < -0.4 is 4.90 Å². The Balaban J connectivity index is 1.94. The van der Waals surface area contributed by atoms with Crippen molar-refractivity contribution in [3.63, 3.8) is 0 Å². The first-order valence-electron chi connectivity index (χ1n) is 6.37. The Bertz CT molecular complexity index is 522. The molecule has 3 rings (SSSR count). The predicted octanol–water partition coefficient (Wildman–Crippen LogP) is 2.11. The van der Waals surface area contributed by atoms with Crippen LogP contribution in [0.5, 0.6) is 0 Å². The molecule has 96 valence electrons. The summed E-state index contributed by atoms with van der Waals surface area (Å²) >= 11 is 5.82. The van der Waals surface area contributed by atoms with Crippen LogP contribution in [0.4, 0.5) is 5.82 Å². The number of hydrogen-bond donors (Lipinski definition) is 0. The van der Waals surface area contributed by atoms with E-state index in [1.165, 1.54) is 19.3 Å². The lowest BCUT2D eigenvalue weighted by Crippen LogP contribution is -2.41. The van der Waals surface area contributed by atoms with E-state index in [-0.39, 0.29) is 0 Å². The number of rotatable bonds is 5. The molecule has 0 amide bonds. The summed E-state index contributed by atoms with van der Waals surface area (Å²) in [6, 6.07) is 0.587. The molecule has 0 unspecified atom stereocenters. The minimum absolute atomic E-state index is 0.587. The molecule has 0 aromatic carbocycles. The highest BCUT2D eigenvalue weighted by Gasteiger charge is 2.27. The molecule has 5 nitrogen and oxygen atoms in total. The topological polar surface area (TPSA) is 46.3 Å². The van der Waals surface area contributed by atoms with Crippen molar-refractivity contribution in [1.82, 2.24) is 19.6 Å². The van der Waals surface area contributed by atoms with Crippen molar-refractivity contribution in [3.8, 4) is 0 Å². The number of nitrogens with zero attached hydrogens (tertiary/aromatic N) is 5. The molecule has 0 spiro atoms. The van der Waals surface area contributed by atoms with Gasteiger partial charge < -0.3 is 4.90 Å². The predicted molar refractivity (Wildman–Crippen MR) is 71.1 cm³/mol. The Kier molecular flexibility index (Phi) is 3.32. The molecule has 0 atom stereocenters. The molecule has 1 saturated carbocycles. The van der Waals surface area contributed by atoms with E-state index in [2.05, 4.69) is 20.1 Å².